The van der Waals surface area contributed by atoms with E-state index in [0.29, 0.717) is 19.9 Å². The van der Waals surface area contributed by atoms with Gasteiger partial charge in [-0.25, -0.2) is 9.38 Å². The van der Waals surface area contributed by atoms with Gasteiger partial charge in [0.25, 0.3) is 5.56 Å². The largest absolute Gasteiger partial charge is 0.507 e. The van der Waals surface area contributed by atoms with Gasteiger partial charge in [-0.1, -0.05) is 59.3 Å². The minimum absolute atomic E-state index is 0.0403. The Morgan fingerprint density at radius 2 is 1.88 bits per heavy atom. The number of phenols is 1. The molecule has 0 amide bonds. The van der Waals surface area contributed by atoms with Gasteiger partial charge in [0.05, 0.1) is 16.3 Å². The van der Waals surface area contributed by atoms with Crippen LogP contribution in [0.3, 0.4) is 0 Å². The number of rotatable bonds is 2. The zero-order valence-electron chi connectivity index (χ0n) is 17.8. The molecule has 3 aromatic carbocycles. The van der Waals surface area contributed by atoms with E-state index in [1.165, 1.54) is 35.1 Å². The molecule has 0 spiro atoms. The average molecular weight is 489 g/mol. The maximum Gasteiger partial charge on any atom is 0.271 e. The van der Waals surface area contributed by atoms with Crippen LogP contribution in [0.15, 0.2) is 82.1 Å². The number of aromatic hydroxyl groups is 1. The molecular formula is C27H18ClFN2O2S. The van der Waals surface area contributed by atoms with E-state index in [4.69, 9.17) is 16.6 Å². The van der Waals surface area contributed by atoms with Crippen LogP contribution in [-0.4, -0.2) is 9.67 Å². The van der Waals surface area contributed by atoms with Gasteiger partial charge in [0.2, 0.25) is 0 Å². The first kappa shape index (κ1) is 21.1. The van der Waals surface area contributed by atoms with Crippen LogP contribution < -0.4 is 14.9 Å². The Morgan fingerprint density at radius 1 is 1.09 bits per heavy atom. The Bertz CT molecular complexity index is 1670. The molecule has 0 fully saturated rings. The normalized spacial score (nSPS) is 17.1. The third-order valence-corrected chi connectivity index (χ3v) is 7.55. The molecule has 1 aliphatic heterocycles. The number of benzene rings is 3. The van der Waals surface area contributed by atoms with Crippen LogP contribution in [0.4, 0.5) is 4.39 Å². The van der Waals surface area contributed by atoms with E-state index in [2.05, 4.69) is 12.1 Å². The summed E-state index contributed by atoms with van der Waals surface area (Å²) in [5.74, 6) is -0.283. The number of aromatic nitrogens is 1. The second kappa shape index (κ2) is 8.08. The van der Waals surface area contributed by atoms with Crippen molar-refractivity contribution in [3.63, 3.8) is 0 Å². The highest BCUT2D eigenvalue weighted by Crippen LogP contribution is 2.41. The summed E-state index contributed by atoms with van der Waals surface area (Å²) in [6.45, 7) is 0. The Kier molecular flexibility index (Phi) is 5.01. The van der Waals surface area contributed by atoms with Crippen molar-refractivity contribution in [1.29, 1.82) is 0 Å². The number of fused-ring (bicyclic) bond motifs is 3. The van der Waals surface area contributed by atoms with Crippen molar-refractivity contribution in [2.75, 3.05) is 0 Å². The minimum Gasteiger partial charge on any atom is -0.507 e. The predicted molar refractivity (Wildman–Crippen MR) is 132 cm³/mol. The van der Waals surface area contributed by atoms with Crippen molar-refractivity contribution in [3.05, 3.63) is 125 Å². The lowest BCUT2D eigenvalue weighted by Crippen LogP contribution is -2.38. The summed E-state index contributed by atoms with van der Waals surface area (Å²) in [7, 11) is 0. The molecule has 0 saturated heterocycles. The van der Waals surface area contributed by atoms with Crippen molar-refractivity contribution < 1.29 is 9.50 Å². The molecule has 1 aromatic heterocycles. The van der Waals surface area contributed by atoms with Crippen LogP contribution in [0.2, 0.25) is 5.02 Å². The van der Waals surface area contributed by atoms with Gasteiger partial charge in [-0.15, -0.1) is 0 Å². The molecule has 4 aromatic rings. The average Bonchev–Trinajstić information content (AvgIpc) is 3.15. The molecule has 2 aliphatic rings. The molecule has 7 heteroatoms. The highest BCUT2D eigenvalue weighted by atomic mass is 35.5. The number of thiazole rings is 1. The summed E-state index contributed by atoms with van der Waals surface area (Å²) in [6, 6.07) is 18.8. The molecular weight excluding hydrogens is 471 g/mol. The lowest BCUT2D eigenvalue weighted by atomic mass is 9.83. The van der Waals surface area contributed by atoms with E-state index in [-0.39, 0.29) is 23.2 Å². The molecule has 0 bridgehead atoms. The van der Waals surface area contributed by atoms with Gasteiger partial charge in [0, 0.05) is 16.1 Å². The first-order valence-corrected chi connectivity index (χ1v) is 12.1. The van der Waals surface area contributed by atoms with Crippen molar-refractivity contribution >= 4 is 34.7 Å². The molecule has 34 heavy (non-hydrogen) atoms. The molecule has 168 valence electrons. The number of hydrogen-bond acceptors (Lipinski definition) is 4. The second-order valence-electron chi connectivity index (χ2n) is 8.37. The van der Waals surface area contributed by atoms with Crippen LogP contribution >= 0.6 is 22.9 Å². The number of nitrogens with zero attached hydrogens (tertiary/aromatic N) is 2. The first-order valence-electron chi connectivity index (χ1n) is 10.9. The molecule has 4 nitrogen and oxygen atoms in total. The van der Waals surface area contributed by atoms with E-state index in [0.717, 1.165) is 35.2 Å². The first-order chi connectivity index (χ1) is 16.5. The van der Waals surface area contributed by atoms with Crippen molar-refractivity contribution in [2.24, 2.45) is 4.99 Å². The maximum absolute atomic E-state index is 13.7. The van der Waals surface area contributed by atoms with Crippen molar-refractivity contribution in [1.82, 2.24) is 4.57 Å². The minimum atomic E-state index is -0.379. The van der Waals surface area contributed by atoms with Gasteiger partial charge in [-0.2, -0.15) is 0 Å². The Labute approximate surface area is 203 Å². The van der Waals surface area contributed by atoms with Crippen LogP contribution in [0.1, 0.15) is 34.7 Å². The summed E-state index contributed by atoms with van der Waals surface area (Å²) >= 11 is 7.37. The molecule has 1 N–H and O–H groups in total. The lowest BCUT2D eigenvalue weighted by Gasteiger charge is -2.30. The van der Waals surface area contributed by atoms with E-state index >= 15 is 0 Å². The molecule has 0 saturated carbocycles. The summed E-state index contributed by atoms with van der Waals surface area (Å²) in [5, 5.41) is 10.7. The molecule has 6 rings (SSSR count). The van der Waals surface area contributed by atoms with Gasteiger partial charge in [0.1, 0.15) is 11.6 Å². The topological polar surface area (TPSA) is 54.6 Å². The predicted octanol–water partition coefficient (Wildman–Crippen LogP) is 4.82. The smallest absolute Gasteiger partial charge is 0.271 e. The third kappa shape index (κ3) is 3.42. The fourth-order valence-electron chi connectivity index (χ4n) is 4.75. The fourth-order valence-corrected chi connectivity index (χ4v) is 5.92. The zero-order valence-corrected chi connectivity index (χ0v) is 19.4. The molecule has 0 unspecified atom stereocenters. The van der Waals surface area contributed by atoms with Crippen LogP contribution in [-0.2, 0) is 6.42 Å². The molecule has 2 heterocycles. The second-order valence-corrected chi connectivity index (χ2v) is 9.81. The van der Waals surface area contributed by atoms with Crippen LogP contribution in [0.25, 0.3) is 11.8 Å². The van der Waals surface area contributed by atoms with Gasteiger partial charge in [0.15, 0.2) is 4.80 Å². The van der Waals surface area contributed by atoms with Crippen molar-refractivity contribution in [3.8, 4) is 5.75 Å². The standard InChI is InChI=1S/C27H18ClFN2O2S/c28-18-8-12-22(32)17(13-18)14-23-26(33)31-25(16-5-9-19(29)10-6-16)21-11-7-15-3-1-2-4-20(15)24(21)30-27(31)34-23/h1-6,8-10,12-14,25,32H,7,11H2/b23-14+/t25-/m1/s1. The molecule has 1 atom stereocenters. The summed E-state index contributed by atoms with van der Waals surface area (Å²) < 4.78 is 15.9. The van der Waals surface area contributed by atoms with E-state index in [1.54, 1.807) is 34.9 Å². The van der Waals surface area contributed by atoms with E-state index in [1.807, 2.05) is 12.1 Å². The van der Waals surface area contributed by atoms with Crippen molar-refractivity contribution in [2.45, 2.75) is 18.9 Å². The Balaban J connectivity index is 1.64. The fraction of sp³-hybridized carbons (Fsp3) is 0.111. The Morgan fingerprint density at radius 3 is 2.71 bits per heavy atom. The summed E-state index contributed by atoms with van der Waals surface area (Å²) in [4.78, 5) is 19.2. The SMILES string of the molecule is O=c1/c(=C\c2cc(Cl)ccc2O)sc2n1[C@H](c1ccc(F)cc1)C1=C(N=2)c2ccccc2CC1. The highest BCUT2D eigenvalue weighted by Gasteiger charge is 2.32. The Hall–Kier alpha value is -3.48. The number of hydrogen-bond donors (Lipinski definition) is 1. The van der Waals surface area contributed by atoms with Gasteiger partial charge in [-0.05, 0) is 65.9 Å². The number of aryl methyl sites for hydroxylation is 1. The quantitative estimate of drug-likeness (QED) is 0.440. The number of phenolic OH excluding ortho intramolecular Hbond substituents is 1. The lowest BCUT2D eigenvalue weighted by molar-refractivity contribution is 0.474. The van der Waals surface area contributed by atoms with Gasteiger partial charge >= 0.3 is 0 Å². The highest BCUT2D eigenvalue weighted by molar-refractivity contribution is 7.07. The number of halogens is 2. The number of allylic oxidation sites excluding steroid dienone is 1. The third-order valence-electron chi connectivity index (χ3n) is 6.33. The van der Waals surface area contributed by atoms with Crippen LogP contribution in [0, 0.1) is 5.82 Å². The molecule has 1 aliphatic carbocycles. The molecule has 0 radical (unpaired) electrons. The van der Waals surface area contributed by atoms with Gasteiger partial charge < -0.3 is 5.11 Å². The van der Waals surface area contributed by atoms with Crippen LogP contribution in [0.5, 0.6) is 5.75 Å². The van der Waals surface area contributed by atoms with Gasteiger partial charge in [-0.3, -0.25) is 9.36 Å². The summed E-state index contributed by atoms with van der Waals surface area (Å²) in [6.07, 6.45) is 3.25. The maximum atomic E-state index is 13.7. The van der Waals surface area contributed by atoms with E-state index in [9.17, 15) is 14.3 Å². The summed E-state index contributed by atoms with van der Waals surface area (Å²) in [5.41, 5.74) is 5.32. The zero-order chi connectivity index (χ0) is 23.4. The van der Waals surface area contributed by atoms with E-state index < -0.39 is 0 Å². The monoisotopic (exact) mass is 488 g/mol.